The molecule has 0 radical (unpaired) electrons. The number of hydrogen-bond donors (Lipinski definition) is 1. The maximum absolute atomic E-state index is 11.2. The molecule has 1 fully saturated rings. The van der Waals surface area contributed by atoms with Gasteiger partial charge in [0.1, 0.15) is 6.26 Å². The van der Waals surface area contributed by atoms with E-state index < -0.39 is 5.97 Å². The molecule has 1 N–H and O–H groups in total. The number of aliphatic carboxylic acids is 1. The summed E-state index contributed by atoms with van der Waals surface area (Å²) < 4.78 is 4.33. The highest BCUT2D eigenvalue weighted by atomic mass is 16.5. The number of aromatic nitrogens is 1. The molecule has 1 aromatic heterocycles. The van der Waals surface area contributed by atoms with Crippen LogP contribution >= 0.6 is 0 Å². The second-order valence-electron chi connectivity index (χ2n) is 7.25. The molecule has 144 valence electrons. The summed E-state index contributed by atoms with van der Waals surface area (Å²) in [4.78, 5) is 11.2. The topological polar surface area (TPSA) is 63.3 Å². The molecule has 0 aromatic carbocycles. The van der Waals surface area contributed by atoms with Crippen molar-refractivity contribution >= 4 is 5.97 Å². The lowest BCUT2D eigenvalue weighted by Gasteiger charge is -2.12. The fraction of sp³-hybridized carbons (Fsp3) is 0.810. The molecule has 25 heavy (non-hydrogen) atoms. The highest BCUT2D eigenvalue weighted by Gasteiger charge is 2.16. The quantitative estimate of drug-likeness (QED) is 0.617. The third-order valence-corrected chi connectivity index (χ3v) is 5.05. The highest BCUT2D eigenvalue weighted by molar-refractivity contribution is 5.69. The summed E-state index contributed by atoms with van der Waals surface area (Å²) in [5.74, 6) is -0.645. The predicted octanol–water partition coefficient (Wildman–Crippen LogP) is 6.62. The van der Waals surface area contributed by atoms with Crippen LogP contribution in [0.15, 0.2) is 23.0 Å². The number of nitrogens with zero attached hydrogens (tertiary/aromatic N) is 1. The number of carboxylic acids is 1. The van der Waals surface area contributed by atoms with Gasteiger partial charge in [0.15, 0.2) is 0 Å². The van der Waals surface area contributed by atoms with Crippen molar-refractivity contribution < 1.29 is 14.4 Å². The summed E-state index contributed by atoms with van der Waals surface area (Å²) in [6.45, 7) is 0. The van der Waals surface area contributed by atoms with E-state index in [1.165, 1.54) is 83.3 Å². The third-order valence-electron chi connectivity index (χ3n) is 5.05. The average Bonchev–Trinajstić information content (AvgIpc) is 3.18. The number of carbonyl (C=O) groups is 1. The van der Waals surface area contributed by atoms with Gasteiger partial charge in [-0.2, -0.15) is 0 Å². The van der Waals surface area contributed by atoms with Crippen molar-refractivity contribution in [3.8, 4) is 0 Å². The van der Waals surface area contributed by atoms with Crippen LogP contribution in [0.2, 0.25) is 0 Å². The number of hydrogen-bond acceptors (Lipinski definition) is 3. The largest absolute Gasteiger partial charge is 0.481 e. The summed E-state index contributed by atoms with van der Waals surface area (Å²) >= 11 is 0. The summed E-state index contributed by atoms with van der Waals surface area (Å²) in [6, 6.07) is 1.72. The van der Waals surface area contributed by atoms with E-state index in [2.05, 4.69) is 9.68 Å². The van der Waals surface area contributed by atoms with Crippen LogP contribution in [0.3, 0.4) is 0 Å². The SMILES string of the molecule is O=C(O)C1CCCCCCCCCCCCCCCC1.c1cnoc1. The van der Waals surface area contributed by atoms with Crippen molar-refractivity contribution in [3.05, 3.63) is 18.5 Å². The van der Waals surface area contributed by atoms with Crippen LogP contribution < -0.4 is 0 Å². The van der Waals surface area contributed by atoms with E-state index in [1.54, 1.807) is 12.3 Å². The van der Waals surface area contributed by atoms with Gasteiger partial charge in [-0.1, -0.05) is 95.0 Å². The zero-order chi connectivity index (χ0) is 18.0. The first-order valence-electron chi connectivity index (χ1n) is 10.4. The molecule has 0 atom stereocenters. The Morgan fingerprint density at radius 2 is 1.16 bits per heavy atom. The zero-order valence-electron chi connectivity index (χ0n) is 15.8. The van der Waals surface area contributed by atoms with Gasteiger partial charge in [0.05, 0.1) is 12.1 Å². The van der Waals surface area contributed by atoms with Gasteiger partial charge in [-0.05, 0) is 18.9 Å². The van der Waals surface area contributed by atoms with E-state index >= 15 is 0 Å². The fourth-order valence-electron chi connectivity index (χ4n) is 3.47. The molecular weight excluding hydrogens is 314 g/mol. The van der Waals surface area contributed by atoms with Gasteiger partial charge in [0.2, 0.25) is 0 Å². The molecule has 1 aliphatic carbocycles. The van der Waals surface area contributed by atoms with Gasteiger partial charge in [0.25, 0.3) is 0 Å². The van der Waals surface area contributed by atoms with Crippen molar-refractivity contribution in [2.24, 2.45) is 5.92 Å². The molecule has 0 aliphatic heterocycles. The Morgan fingerprint density at radius 1 is 0.760 bits per heavy atom. The molecule has 0 saturated heterocycles. The normalized spacial score (nSPS) is 20.0. The number of carboxylic acid groups (broad SMARTS) is 1. The summed E-state index contributed by atoms with van der Waals surface area (Å²) in [5, 5.41) is 12.6. The van der Waals surface area contributed by atoms with Crippen LogP contribution in [0.5, 0.6) is 0 Å². The Bertz CT molecular complexity index is 357. The van der Waals surface area contributed by atoms with E-state index in [0.29, 0.717) is 0 Å². The van der Waals surface area contributed by atoms with Crippen molar-refractivity contribution in [3.63, 3.8) is 0 Å². The second-order valence-corrected chi connectivity index (χ2v) is 7.25. The minimum absolute atomic E-state index is 0.0781. The van der Waals surface area contributed by atoms with Gasteiger partial charge in [-0.25, -0.2) is 0 Å². The van der Waals surface area contributed by atoms with Crippen LogP contribution in [0.4, 0.5) is 0 Å². The minimum Gasteiger partial charge on any atom is -0.481 e. The Kier molecular flexibility index (Phi) is 14.0. The molecule has 4 nitrogen and oxygen atoms in total. The molecule has 1 saturated carbocycles. The second kappa shape index (κ2) is 16.2. The lowest BCUT2D eigenvalue weighted by atomic mass is 9.94. The van der Waals surface area contributed by atoms with Crippen molar-refractivity contribution in [2.75, 3.05) is 0 Å². The minimum atomic E-state index is -0.567. The first-order chi connectivity index (χ1) is 12.3. The average molecular weight is 352 g/mol. The molecule has 4 heteroatoms. The van der Waals surface area contributed by atoms with Crippen LogP contribution in [-0.2, 0) is 4.79 Å². The first-order valence-corrected chi connectivity index (χ1v) is 10.4. The van der Waals surface area contributed by atoms with Crippen LogP contribution in [0.1, 0.15) is 103 Å². The Morgan fingerprint density at radius 3 is 1.40 bits per heavy atom. The zero-order valence-corrected chi connectivity index (χ0v) is 15.8. The molecule has 0 amide bonds. The van der Waals surface area contributed by atoms with Crippen LogP contribution in [0, 0.1) is 5.92 Å². The fourth-order valence-corrected chi connectivity index (χ4v) is 3.47. The summed E-state index contributed by atoms with van der Waals surface area (Å²) in [5.41, 5.74) is 0. The molecule has 2 rings (SSSR count). The predicted molar refractivity (Wildman–Crippen MR) is 102 cm³/mol. The van der Waals surface area contributed by atoms with Crippen LogP contribution in [0.25, 0.3) is 0 Å². The van der Waals surface area contributed by atoms with E-state index in [4.69, 9.17) is 0 Å². The highest BCUT2D eigenvalue weighted by Crippen LogP contribution is 2.20. The summed E-state index contributed by atoms with van der Waals surface area (Å²) in [7, 11) is 0. The van der Waals surface area contributed by atoms with Crippen LogP contribution in [-0.4, -0.2) is 16.2 Å². The maximum Gasteiger partial charge on any atom is 0.306 e. The standard InChI is InChI=1S/C18H34O2.C3H3NO/c19-18(20)17-15-13-11-9-7-5-3-1-2-4-6-8-10-12-14-16-17;1-2-4-5-3-1/h17H,1-16H2,(H,19,20);1-3H. The van der Waals surface area contributed by atoms with Gasteiger partial charge < -0.3 is 9.63 Å². The third kappa shape index (κ3) is 13.6. The van der Waals surface area contributed by atoms with Gasteiger partial charge >= 0.3 is 5.97 Å². The molecule has 1 heterocycles. The Balaban J connectivity index is 0.000000531. The maximum atomic E-state index is 11.2. The number of rotatable bonds is 1. The van der Waals surface area contributed by atoms with Crippen molar-refractivity contribution in [2.45, 2.75) is 103 Å². The molecular formula is C21H37NO3. The van der Waals surface area contributed by atoms with E-state index in [9.17, 15) is 9.90 Å². The lowest BCUT2D eigenvalue weighted by Crippen LogP contribution is -2.13. The van der Waals surface area contributed by atoms with Gasteiger partial charge in [0, 0.05) is 0 Å². The van der Waals surface area contributed by atoms with Gasteiger partial charge in [-0.15, -0.1) is 0 Å². The molecule has 0 bridgehead atoms. The Hall–Kier alpha value is -1.32. The first kappa shape index (κ1) is 21.7. The van der Waals surface area contributed by atoms with E-state index in [-0.39, 0.29) is 5.92 Å². The molecule has 1 aromatic rings. The Labute approximate surface area is 153 Å². The van der Waals surface area contributed by atoms with Crippen molar-refractivity contribution in [1.29, 1.82) is 0 Å². The summed E-state index contributed by atoms with van der Waals surface area (Å²) in [6.07, 6.45) is 23.2. The van der Waals surface area contributed by atoms with Gasteiger partial charge in [-0.3, -0.25) is 4.79 Å². The smallest absolute Gasteiger partial charge is 0.306 e. The molecule has 1 aliphatic rings. The van der Waals surface area contributed by atoms with Crippen molar-refractivity contribution in [1.82, 2.24) is 5.16 Å². The lowest BCUT2D eigenvalue weighted by molar-refractivity contribution is -0.142. The monoisotopic (exact) mass is 351 g/mol. The molecule has 0 unspecified atom stereocenters. The van der Waals surface area contributed by atoms with E-state index in [1.807, 2.05) is 0 Å². The molecule has 0 spiro atoms. The van der Waals surface area contributed by atoms with E-state index in [0.717, 1.165) is 25.7 Å².